The van der Waals surface area contributed by atoms with E-state index in [1.165, 1.54) is 12.1 Å². The molecule has 0 bridgehead atoms. The van der Waals surface area contributed by atoms with Crippen molar-refractivity contribution >= 4 is 23.5 Å². The Kier molecular flexibility index (Phi) is 10.6. The second-order valence-electron chi connectivity index (χ2n) is 13.0. The summed E-state index contributed by atoms with van der Waals surface area (Å²) in [6.45, 7) is 13.8. The minimum absolute atomic E-state index is 0.0458. The molecule has 4 heterocycles. The molecule has 2 aromatic carbocycles. The number of carbonyl (C=O) groups excluding carboxylic acids is 2. The Balaban J connectivity index is 0.000000191. The third-order valence-electron chi connectivity index (χ3n) is 8.37. The van der Waals surface area contributed by atoms with Crippen LogP contribution in [0.15, 0.2) is 91.3 Å². The molecule has 0 saturated carbocycles. The molecular formula is C40H41FN6O2. The zero-order chi connectivity index (χ0) is 35.2. The predicted octanol–water partition coefficient (Wildman–Crippen LogP) is 6.61. The molecule has 4 aromatic rings. The quantitative estimate of drug-likeness (QED) is 0.231. The lowest BCUT2D eigenvalue weighted by atomic mass is 10.0. The molecule has 8 nitrogen and oxygen atoms in total. The number of hydrogen-bond donors (Lipinski definition) is 0. The highest BCUT2D eigenvalue weighted by molar-refractivity contribution is 5.95. The lowest BCUT2D eigenvalue weighted by Gasteiger charge is -2.34. The first-order valence-electron chi connectivity index (χ1n) is 16.4. The van der Waals surface area contributed by atoms with E-state index in [4.69, 9.17) is 0 Å². The minimum Gasteiger partial charge on any atom is -0.273 e. The van der Waals surface area contributed by atoms with Crippen LogP contribution in [0, 0.1) is 29.5 Å². The fourth-order valence-electron chi connectivity index (χ4n) is 6.04. The van der Waals surface area contributed by atoms with Gasteiger partial charge < -0.3 is 0 Å². The van der Waals surface area contributed by atoms with Crippen LogP contribution >= 0.6 is 0 Å². The summed E-state index contributed by atoms with van der Waals surface area (Å²) in [7, 11) is 0. The normalized spacial score (nSPS) is 16.7. The maximum absolute atomic E-state index is 12.9. The molecule has 0 unspecified atom stereocenters. The summed E-state index contributed by atoms with van der Waals surface area (Å²) in [4.78, 5) is 33.6. The summed E-state index contributed by atoms with van der Waals surface area (Å²) in [5, 5.41) is 7.43. The van der Waals surface area contributed by atoms with Crippen LogP contribution in [0.5, 0.6) is 0 Å². The van der Waals surface area contributed by atoms with Crippen molar-refractivity contribution in [1.82, 2.24) is 20.0 Å². The average molecular weight is 657 g/mol. The predicted molar refractivity (Wildman–Crippen MR) is 190 cm³/mol. The number of amides is 2. The molecule has 0 radical (unpaired) electrons. The Morgan fingerprint density at radius 1 is 0.592 bits per heavy atom. The number of aromatic nitrogens is 2. The number of benzene rings is 2. The zero-order valence-corrected chi connectivity index (χ0v) is 28.9. The molecule has 2 amide bonds. The molecule has 2 fully saturated rings. The number of rotatable bonds is 4. The average Bonchev–Trinajstić information content (AvgIpc) is 3.48. The number of nitrogens with zero attached hydrogens (tertiary/aromatic N) is 6. The summed E-state index contributed by atoms with van der Waals surface area (Å²) in [6.07, 6.45) is 4.34. The molecule has 2 aliphatic heterocycles. The fraction of sp³-hybridized carbons (Fsp3) is 0.300. The third-order valence-corrected chi connectivity index (χ3v) is 8.37. The maximum Gasteiger partial charge on any atom is 0.244 e. The second kappa shape index (κ2) is 14.8. The smallest absolute Gasteiger partial charge is 0.244 e. The Bertz CT molecular complexity index is 1900. The monoisotopic (exact) mass is 656 g/mol. The van der Waals surface area contributed by atoms with Crippen LogP contribution in [0.2, 0.25) is 0 Å². The first kappa shape index (κ1) is 35.0. The van der Waals surface area contributed by atoms with Crippen LogP contribution in [0.25, 0.3) is 0 Å². The van der Waals surface area contributed by atoms with Crippen LogP contribution in [-0.4, -0.2) is 56.0 Å². The van der Waals surface area contributed by atoms with Gasteiger partial charge in [-0.25, -0.2) is 34.4 Å². The van der Waals surface area contributed by atoms with Gasteiger partial charge in [-0.15, -0.1) is 0 Å². The van der Waals surface area contributed by atoms with E-state index in [9.17, 15) is 14.0 Å². The van der Waals surface area contributed by atoms with Crippen LogP contribution in [0.3, 0.4) is 0 Å². The van der Waals surface area contributed by atoms with Crippen molar-refractivity contribution in [2.45, 2.75) is 65.5 Å². The van der Waals surface area contributed by atoms with Crippen molar-refractivity contribution in [3.8, 4) is 23.7 Å². The van der Waals surface area contributed by atoms with Crippen molar-refractivity contribution in [3.63, 3.8) is 0 Å². The number of hydrazine groups is 2. The van der Waals surface area contributed by atoms with Crippen LogP contribution in [0.4, 0.5) is 16.0 Å². The standard InChI is InChI=1S/C20H20FN3O.C20H21N3O/c1-4-23-20(2,3)13-19(25)24(23)18-12-9-16(14-22-18)6-5-15-7-10-17(21)11-8-15;1-4-22-20(2,3)14-19(24)23(22)18-13-12-17(15-21-18)11-10-16-8-6-5-7-9-16/h7-12,14H,4,13H2,1-3H3;5-9,12-13,15H,4,14H2,1-3H3. The van der Waals surface area contributed by atoms with Crippen molar-refractivity contribution < 1.29 is 14.0 Å². The van der Waals surface area contributed by atoms with Gasteiger partial charge in [-0.1, -0.05) is 55.7 Å². The lowest BCUT2D eigenvalue weighted by molar-refractivity contribution is -0.118. The summed E-state index contributed by atoms with van der Waals surface area (Å²) < 4.78 is 12.9. The number of anilines is 2. The number of carbonyl (C=O) groups is 2. The van der Waals surface area contributed by atoms with E-state index in [2.05, 4.69) is 66.4 Å². The van der Waals surface area contributed by atoms with Gasteiger partial charge in [0.1, 0.15) is 17.5 Å². The van der Waals surface area contributed by atoms with Gasteiger partial charge >= 0.3 is 0 Å². The molecule has 0 N–H and O–H groups in total. The minimum atomic E-state index is -0.282. The summed E-state index contributed by atoms with van der Waals surface area (Å²) in [5.41, 5.74) is 2.88. The molecule has 2 aliphatic rings. The van der Waals surface area contributed by atoms with E-state index in [-0.39, 0.29) is 28.7 Å². The number of halogens is 1. The van der Waals surface area contributed by atoms with E-state index in [1.807, 2.05) is 67.4 Å². The Hall–Kier alpha value is -5.35. The molecule has 49 heavy (non-hydrogen) atoms. The number of hydrogen-bond acceptors (Lipinski definition) is 6. The van der Waals surface area contributed by atoms with Crippen molar-refractivity contribution in [3.05, 3.63) is 119 Å². The van der Waals surface area contributed by atoms with Gasteiger partial charge in [0.05, 0.1) is 0 Å². The molecule has 6 rings (SSSR count). The fourth-order valence-corrected chi connectivity index (χ4v) is 6.04. The molecule has 9 heteroatoms. The molecule has 250 valence electrons. The van der Waals surface area contributed by atoms with Crippen LogP contribution in [0.1, 0.15) is 76.6 Å². The molecular weight excluding hydrogens is 615 g/mol. The summed E-state index contributed by atoms with van der Waals surface area (Å²) in [6, 6.07) is 23.3. The Morgan fingerprint density at radius 3 is 1.37 bits per heavy atom. The first-order valence-corrected chi connectivity index (χ1v) is 16.4. The van der Waals surface area contributed by atoms with Gasteiger partial charge in [-0.3, -0.25) is 9.59 Å². The van der Waals surface area contributed by atoms with Crippen LogP contribution in [-0.2, 0) is 9.59 Å². The summed E-state index contributed by atoms with van der Waals surface area (Å²) >= 11 is 0. The van der Waals surface area contributed by atoms with Crippen molar-refractivity contribution in [2.75, 3.05) is 23.1 Å². The number of pyridine rings is 2. The van der Waals surface area contributed by atoms with E-state index in [0.29, 0.717) is 24.5 Å². The highest BCUT2D eigenvalue weighted by atomic mass is 19.1. The molecule has 2 aromatic heterocycles. The van der Waals surface area contributed by atoms with Crippen LogP contribution < -0.4 is 10.0 Å². The van der Waals surface area contributed by atoms with Crippen molar-refractivity contribution in [1.29, 1.82) is 0 Å². The second-order valence-corrected chi connectivity index (χ2v) is 13.0. The van der Waals surface area contributed by atoms with Gasteiger partial charge in [-0.2, -0.15) is 0 Å². The van der Waals surface area contributed by atoms with Gasteiger partial charge in [0.25, 0.3) is 0 Å². The van der Waals surface area contributed by atoms with Gasteiger partial charge in [-0.05, 0) is 88.4 Å². The van der Waals surface area contributed by atoms with E-state index < -0.39 is 0 Å². The molecule has 2 saturated heterocycles. The summed E-state index contributed by atoms with van der Waals surface area (Å²) in [5.74, 6) is 13.3. The Morgan fingerprint density at radius 2 is 0.980 bits per heavy atom. The first-order chi connectivity index (χ1) is 23.4. The SMILES string of the molecule is CCN1N(c2ccc(C#Cc3ccc(F)cc3)cn2)C(=O)CC1(C)C.CCN1N(c2ccc(C#Cc3ccccc3)cn2)C(=O)CC1(C)C. The molecule has 0 spiro atoms. The van der Waals surface area contributed by atoms with Gasteiger partial charge in [0.15, 0.2) is 0 Å². The third kappa shape index (κ3) is 8.21. The Labute approximate surface area is 288 Å². The lowest BCUT2D eigenvalue weighted by Crippen LogP contribution is -2.47. The van der Waals surface area contributed by atoms with E-state index in [0.717, 1.165) is 35.3 Å². The zero-order valence-electron chi connectivity index (χ0n) is 28.9. The van der Waals surface area contributed by atoms with Gasteiger partial charge in [0.2, 0.25) is 11.8 Å². The van der Waals surface area contributed by atoms with E-state index >= 15 is 0 Å². The largest absolute Gasteiger partial charge is 0.273 e. The molecule has 0 atom stereocenters. The van der Waals surface area contributed by atoms with Crippen molar-refractivity contribution in [2.24, 2.45) is 0 Å². The highest BCUT2D eigenvalue weighted by Gasteiger charge is 2.45. The highest BCUT2D eigenvalue weighted by Crippen LogP contribution is 2.34. The molecule has 0 aliphatic carbocycles. The van der Waals surface area contributed by atoms with E-state index in [1.54, 1.807) is 40.6 Å². The van der Waals surface area contributed by atoms with Gasteiger partial charge in [0, 0.05) is 71.7 Å². The maximum atomic E-state index is 12.9. The topological polar surface area (TPSA) is 72.9 Å².